The molecule has 1 aromatic heterocycles. The van der Waals surface area contributed by atoms with Gasteiger partial charge in [0.1, 0.15) is 0 Å². The van der Waals surface area contributed by atoms with E-state index in [2.05, 4.69) is 5.10 Å². The molecule has 3 aliphatic rings. The zero-order valence-corrected chi connectivity index (χ0v) is 18.3. The summed E-state index contributed by atoms with van der Waals surface area (Å²) in [6.45, 7) is 2.46. The lowest BCUT2D eigenvalue weighted by Crippen LogP contribution is -2.41. The molecule has 10 nitrogen and oxygen atoms in total. The number of rotatable bonds is 2. The lowest BCUT2D eigenvalue weighted by molar-refractivity contribution is 0.0297. The number of sulfone groups is 1. The standard InChI is InChI=1S/C21H24N4O6S/c26-20(23-9-11-31-12-10-23)18-16-13-32(29,30)17-4-2-1-3-15(17)19(16)25(22-18)14-5-7-24(8-6-14)21(27)28/h1-4,14H,5-13H2,(H,27,28). The molecule has 0 aliphatic carbocycles. The molecule has 0 unspecified atom stereocenters. The summed E-state index contributed by atoms with van der Waals surface area (Å²) in [5, 5.41) is 14.0. The van der Waals surface area contributed by atoms with Gasteiger partial charge in [0.05, 0.1) is 35.6 Å². The predicted molar refractivity (Wildman–Crippen MR) is 113 cm³/mol. The van der Waals surface area contributed by atoms with Crippen LogP contribution in [-0.4, -0.2) is 84.5 Å². The summed E-state index contributed by atoms with van der Waals surface area (Å²) < 4.78 is 33.2. The molecule has 2 amide bonds. The van der Waals surface area contributed by atoms with Crippen LogP contribution in [0.2, 0.25) is 0 Å². The fraction of sp³-hybridized carbons (Fsp3) is 0.476. The van der Waals surface area contributed by atoms with Crippen LogP contribution in [-0.2, 0) is 20.3 Å². The van der Waals surface area contributed by atoms with Crippen molar-refractivity contribution in [2.45, 2.75) is 29.5 Å². The van der Waals surface area contributed by atoms with E-state index in [4.69, 9.17) is 4.74 Å². The summed E-state index contributed by atoms with van der Waals surface area (Å²) in [6, 6.07) is 6.67. The molecule has 2 aromatic rings. The van der Waals surface area contributed by atoms with E-state index in [1.807, 2.05) is 0 Å². The number of hydrogen-bond donors (Lipinski definition) is 1. The number of piperidine rings is 1. The number of likely N-dealkylation sites (tertiary alicyclic amines) is 1. The van der Waals surface area contributed by atoms with Gasteiger partial charge in [-0.3, -0.25) is 9.48 Å². The number of benzene rings is 1. The van der Waals surface area contributed by atoms with Crippen LogP contribution in [0.15, 0.2) is 29.2 Å². The van der Waals surface area contributed by atoms with E-state index in [0.717, 1.165) is 0 Å². The third kappa shape index (κ3) is 3.45. The maximum Gasteiger partial charge on any atom is 0.407 e. The number of morpholine rings is 1. The van der Waals surface area contributed by atoms with Gasteiger partial charge in [-0.15, -0.1) is 0 Å². The minimum Gasteiger partial charge on any atom is -0.465 e. The van der Waals surface area contributed by atoms with Crippen molar-refractivity contribution in [2.24, 2.45) is 0 Å². The van der Waals surface area contributed by atoms with Crippen LogP contribution < -0.4 is 0 Å². The number of carbonyl (C=O) groups is 2. The van der Waals surface area contributed by atoms with Gasteiger partial charge in [-0.2, -0.15) is 5.10 Å². The molecular formula is C21H24N4O6S. The molecular weight excluding hydrogens is 436 g/mol. The Bertz CT molecular complexity index is 1180. The summed E-state index contributed by atoms with van der Waals surface area (Å²) in [7, 11) is -3.61. The fourth-order valence-electron chi connectivity index (χ4n) is 4.75. The number of nitrogens with zero attached hydrogens (tertiary/aromatic N) is 4. The summed E-state index contributed by atoms with van der Waals surface area (Å²) in [5.41, 5.74) is 1.80. The van der Waals surface area contributed by atoms with E-state index in [-0.39, 0.29) is 28.3 Å². The Hall–Kier alpha value is -2.92. The van der Waals surface area contributed by atoms with Crippen molar-refractivity contribution >= 4 is 21.8 Å². The van der Waals surface area contributed by atoms with E-state index in [1.54, 1.807) is 33.8 Å². The first-order chi connectivity index (χ1) is 15.4. The Kier molecular flexibility index (Phi) is 5.17. The molecule has 4 heterocycles. The molecule has 0 radical (unpaired) electrons. The van der Waals surface area contributed by atoms with Crippen molar-refractivity contribution in [1.82, 2.24) is 19.6 Å². The summed E-state index contributed by atoms with van der Waals surface area (Å²) in [4.78, 5) is 27.9. The van der Waals surface area contributed by atoms with E-state index in [1.165, 1.54) is 4.90 Å². The van der Waals surface area contributed by atoms with Gasteiger partial charge in [0.2, 0.25) is 0 Å². The molecule has 5 rings (SSSR count). The molecule has 1 N–H and O–H groups in total. The predicted octanol–water partition coefficient (Wildman–Crippen LogP) is 1.62. The van der Waals surface area contributed by atoms with Gasteiger partial charge in [-0.25, -0.2) is 13.2 Å². The molecule has 3 aliphatic heterocycles. The topological polar surface area (TPSA) is 122 Å². The molecule has 0 spiro atoms. The summed E-state index contributed by atoms with van der Waals surface area (Å²) in [5.74, 6) is -0.570. The number of fused-ring (bicyclic) bond motifs is 3. The fourth-order valence-corrected chi connectivity index (χ4v) is 6.34. The average Bonchev–Trinajstić information content (AvgIpc) is 3.18. The minimum atomic E-state index is -3.61. The minimum absolute atomic E-state index is 0.126. The van der Waals surface area contributed by atoms with Gasteiger partial charge < -0.3 is 19.6 Å². The molecule has 32 heavy (non-hydrogen) atoms. The van der Waals surface area contributed by atoms with E-state index in [9.17, 15) is 23.1 Å². The number of ether oxygens (including phenoxy) is 1. The normalized spacial score (nSPS) is 20.5. The third-order valence-electron chi connectivity index (χ3n) is 6.40. The Morgan fingerprint density at radius 1 is 1.03 bits per heavy atom. The highest BCUT2D eigenvalue weighted by Gasteiger charge is 2.38. The van der Waals surface area contributed by atoms with Gasteiger partial charge in [-0.1, -0.05) is 18.2 Å². The van der Waals surface area contributed by atoms with Crippen LogP contribution in [0, 0.1) is 0 Å². The summed E-state index contributed by atoms with van der Waals surface area (Å²) >= 11 is 0. The lowest BCUT2D eigenvalue weighted by Gasteiger charge is -2.31. The molecule has 0 saturated carbocycles. The number of carbonyl (C=O) groups excluding carboxylic acids is 1. The first kappa shape index (κ1) is 21.0. The van der Waals surface area contributed by atoms with Crippen LogP contribution in [0.3, 0.4) is 0 Å². The van der Waals surface area contributed by atoms with Gasteiger partial charge in [-0.05, 0) is 18.9 Å². The highest BCUT2D eigenvalue weighted by molar-refractivity contribution is 7.90. The van der Waals surface area contributed by atoms with Crippen molar-refractivity contribution in [2.75, 3.05) is 39.4 Å². The number of amides is 2. The highest BCUT2D eigenvalue weighted by atomic mass is 32.2. The number of hydrogen-bond acceptors (Lipinski definition) is 6. The molecule has 11 heteroatoms. The van der Waals surface area contributed by atoms with Gasteiger partial charge in [0.15, 0.2) is 15.5 Å². The lowest BCUT2D eigenvalue weighted by atomic mass is 10.0. The van der Waals surface area contributed by atoms with Gasteiger partial charge in [0.25, 0.3) is 5.91 Å². The van der Waals surface area contributed by atoms with Crippen molar-refractivity contribution in [3.8, 4) is 11.3 Å². The Labute approximate surface area is 185 Å². The zero-order valence-electron chi connectivity index (χ0n) is 17.4. The van der Waals surface area contributed by atoms with Crippen molar-refractivity contribution in [3.63, 3.8) is 0 Å². The van der Waals surface area contributed by atoms with Crippen LogP contribution in [0.5, 0.6) is 0 Å². The first-order valence-corrected chi connectivity index (χ1v) is 12.3. The molecule has 2 fully saturated rings. The van der Waals surface area contributed by atoms with Crippen LogP contribution in [0.4, 0.5) is 4.79 Å². The second kappa shape index (κ2) is 7.89. The Morgan fingerprint density at radius 3 is 2.41 bits per heavy atom. The zero-order chi connectivity index (χ0) is 22.5. The first-order valence-electron chi connectivity index (χ1n) is 10.7. The van der Waals surface area contributed by atoms with E-state index in [0.29, 0.717) is 69.1 Å². The smallest absolute Gasteiger partial charge is 0.407 e. The highest BCUT2D eigenvalue weighted by Crippen LogP contribution is 2.42. The molecule has 1 aromatic carbocycles. The second-order valence-corrected chi connectivity index (χ2v) is 10.2. The quantitative estimate of drug-likeness (QED) is 0.723. The number of carboxylic acid groups (broad SMARTS) is 1. The van der Waals surface area contributed by atoms with Gasteiger partial charge >= 0.3 is 6.09 Å². The van der Waals surface area contributed by atoms with E-state index >= 15 is 0 Å². The Morgan fingerprint density at radius 2 is 1.72 bits per heavy atom. The third-order valence-corrected chi connectivity index (χ3v) is 8.10. The molecule has 170 valence electrons. The van der Waals surface area contributed by atoms with Crippen LogP contribution >= 0.6 is 0 Å². The maximum atomic E-state index is 13.3. The number of aromatic nitrogens is 2. The van der Waals surface area contributed by atoms with Gasteiger partial charge in [0, 0.05) is 37.3 Å². The van der Waals surface area contributed by atoms with Crippen molar-refractivity contribution in [1.29, 1.82) is 0 Å². The Balaban J connectivity index is 1.62. The summed E-state index contributed by atoms with van der Waals surface area (Å²) in [6.07, 6.45) is 0.131. The molecule has 0 bridgehead atoms. The monoisotopic (exact) mass is 460 g/mol. The molecule has 2 saturated heterocycles. The van der Waals surface area contributed by atoms with Crippen molar-refractivity contribution < 1.29 is 27.9 Å². The van der Waals surface area contributed by atoms with Crippen molar-refractivity contribution in [3.05, 3.63) is 35.5 Å². The molecule has 0 atom stereocenters. The van der Waals surface area contributed by atoms with Crippen LogP contribution in [0.1, 0.15) is 34.9 Å². The average molecular weight is 461 g/mol. The SMILES string of the molecule is O=C(O)N1CCC(n2nc(C(=O)N3CCOCC3)c3c2-c2ccccc2S(=O)(=O)C3)CC1. The van der Waals surface area contributed by atoms with E-state index < -0.39 is 15.9 Å². The maximum absolute atomic E-state index is 13.3. The van der Waals surface area contributed by atoms with Crippen LogP contribution in [0.25, 0.3) is 11.3 Å². The largest absolute Gasteiger partial charge is 0.465 e. The second-order valence-electron chi connectivity index (χ2n) is 8.28.